The molecule has 2 atom stereocenters. The van der Waals surface area contributed by atoms with Crippen molar-refractivity contribution in [2.45, 2.75) is 32.9 Å². The van der Waals surface area contributed by atoms with Crippen LogP contribution in [0.3, 0.4) is 0 Å². The molecule has 4 nitrogen and oxygen atoms in total. The zero-order valence-corrected chi connectivity index (χ0v) is 16.9. The van der Waals surface area contributed by atoms with Crippen molar-refractivity contribution in [2.75, 3.05) is 7.05 Å². The van der Waals surface area contributed by atoms with Gasteiger partial charge in [0.1, 0.15) is 0 Å². The summed E-state index contributed by atoms with van der Waals surface area (Å²) < 4.78 is 2.34. The van der Waals surface area contributed by atoms with E-state index < -0.39 is 0 Å². The predicted molar refractivity (Wildman–Crippen MR) is 113 cm³/mol. The van der Waals surface area contributed by atoms with E-state index in [-0.39, 0.29) is 12.1 Å². The van der Waals surface area contributed by atoms with Gasteiger partial charge in [0.2, 0.25) is 0 Å². The molecular formula is C22H24N4S. The maximum Gasteiger partial charge on any atom is 0.169 e. The summed E-state index contributed by atoms with van der Waals surface area (Å²) in [6.45, 7) is 6.52. The number of para-hydroxylation sites is 1. The van der Waals surface area contributed by atoms with E-state index in [1.807, 2.05) is 18.3 Å². The summed E-state index contributed by atoms with van der Waals surface area (Å²) in [5, 5.41) is 4.22. The Balaban J connectivity index is 1.84. The molecule has 0 bridgehead atoms. The molecular weight excluding hydrogens is 352 g/mol. The summed E-state index contributed by atoms with van der Waals surface area (Å²) in [7, 11) is 2.06. The number of pyridine rings is 1. The summed E-state index contributed by atoms with van der Waals surface area (Å²) in [6.07, 6.45) is 1.84. The van der Waals surface area contributed by atoms with Gasteiger partial charge < -0.3 is 14.8 Å². The topological polar surface area (TPSA) is 33.1 Å². The SMILES string of the molecule is Cc1ccccc1-n1c(C)cc(C2C(c3ccccn3)NC(=S)N2C)c1C. The molecule has 27 heavy (non-hydrogen) atoms. The van der Waals surface area contributed by atoms with Crippen molar-refractivity contribution < 1.29 is 0 Å². The Hall–Kier alpha value is -2.66. The van der Waals surface area contributed by atoms with E-state index in [2.05, 4.69) is 84.0 Å². The summed E-state index contributed by atoms with van der Waals surface area (Å²) in [4.78, 5) is 6.73. The predicted octanol–water partition coefficient (Wildman–Crippen LogP) is 4.40. The molecule has 1 aliphatic heterocycles. The van der Waals surface area contributed by atoms with Crippen LogP contribution < -0.4 is 5.32 Å². The lowest BCUT2D eigenvalue weighted by Crippen LogP contribution is -2.25. The maximum absolute atomic E-state index is 5.57. The number of nitrogens with zero attached hydrogens (tertiary/aromatic N) is 3. The zero-order valence-electron chi connectivity index (χ0n) is 16.1. The average molecular weight is 377 g/mol. The monoisotopic (exact) mass is 376 g/mol. The van der Waals surface area contributed by atoms with Gasteiger partial charge in [-0.2, -0.15) is 0 Å². The molecule has 1 N–H and O–H groups in total. The van der Waals surface area contributed by atoms with E-state index in [0.29, 0.717) is 0 Å². The third-order valence-corrected chi connectivity index (χ3v) is 5.89. The number of rotatable bonds is 3. The first kappa shape index (κ1) is 17.7. The molecule has 1 aliphatic rings. The smallest absolute Gasteiger partial charge is 0.169 e. The highest BCUT2D eigenvalue weighted by molar-refractivity contribution is 7.80. The largest absolute Gasteiger partial charge is 0.352 e. The van der Waals surface area contributed by atoms with Gasteiger partial charge >= 0.3 is 0 Å². The highest BCUT2D eigenvalue weighted by Crippen LogP contribution is 2.40. The van der Waals surface area contributed by atoms with Gasteiger partial charge in [0, 0.05) is 30.3 Å². The summed E-state index contributed by atoms with van der Waals surface area (Å²) in [6, 6.07) is 17.0. The number of hydrogen-bond acceptors (Lipinski definition) is 2. The Bertz CT molecular complexity index is 993. The second-order valence-electron chi connectivity index (χ2n) is 7.19. The van der Waals surface area contributed by atoms with Crippen LogP contribution in [0.5, 0.6) is 0 Å². The molecule has 0 amide bonds. The van der Waals surface area contributed by atoms with Gasteiger partial charge in [0.05, 0.1) is 17.8 Å². The Kier molecular flexibility index (Phi) is 4.48. The van der Waals surface area contributed by atoms with Crippen molar-refractivity contribution in [3.05, 3.63) is 82.9 Å². The molecule has 0 spiro atoms. The molecule has 2 aromatic heterocycles. The molecule has 0 aliphatic carbocycles. The summed E-state index contributed by atoms with van der Waals surface area (Å²) >= 11 is 5.57. The molecule has 138 valence electrons. The Morgan fingerprint density at radius 3 is 2.48 bits per heavy atom. The lowest BCUT2D eigenvalue weighted by Gasteiger charge is -2.24. The standard InChI is InChI=1S/C22H24N4S/c1-14-9-5-6-11-19(14)26-15(2)13-17(16(26)3)21-20(24-22(27)25(21)4)18-10-7-8-12-23-18/h5-13,20-21H,1-4H3,(H,24,27). The average Bonchev–Trinajstić information content (AvgIpc) is 3.12. The first-order valence-corrected chi connectivity index (χ1v) is 9.59. The van der Waals surface area contributed by atoms with Crippen LogP contribution in [0.4, 0.5) is 0 Å². The normalized spacial score (nSPS) is 19.4. The minimum absolute atomic E-state index is 0.0366. The number of hydrogen-bond donors (Lipinski definition) is 1. The number of nitrogens with one attached hydrogen (secondary N) is 1. The van der Waals surface area contributed by atoms with Crippen molar-refractivity contribution in [2.24, 2.45) is 0 Å². The van der Waals surface area contributed by atoms with Crippen molar-refractivity contribution in [1.29, 1.82) is 0 Å². The fourth-order valence-electron chi connectivity index (χ4n) is 4.12. The fourth-order valence-corrected chi connectivity index (χ4v) is 4.36. The van der Waals surface area contributed by atoms with Crippen LogP contribution in [0.15, 0.2) is 54.7 Å². The van der Waals surface area contributed by atoms with Gasteiger partial charge in [0.25, 0.3) is 0 Å². The molecule has 5 heteroatoms. The molecule has 3 aromatic rings. The van der Waals surface area contributed by atoms with Crippen molar-refractivity contribution in [1.82, 2.24) is 19.8 Å². The Morgan fingerprint density at radius 2 is 1.78 bits per heavy atom. The quantitative estimate of drug-likeness (QED) is 0.687. The second-order valence-corrected chi connectivity index (χ2v) is 7.57. The minimum Gasteiger partial charge on any atom is -0.352 e. The Labute approximate surface area is 165 Å². The number of likely N-dealkylation sites (N-methyl/N-ethyl adjacent to an activating group) is 1. The lowest BCUT2D eigenvalue weighted by molar-refractivity contribution is 0.367. The highest BCUT2D eigenvalue weighted by Gasteiger charge is 2.39. The number of aromatic nitrogens is 2. The molecule has 3 heterocycles. The van der Waals surface area contributed by atoms with Gasteiger partial charge in [-0.3, -0.25) is 4.98 Å². The van der Waals surface area contributed by atoms with Crippen LogP contribution in [0.25, 0.3) is 5.69 Å². The van der Waals surface area contributed by atoms with Crippen molar-refractivity contribution in [3.8, 4) is 5.69 Å². The van der Waals surface area contributed by atoms with Crippen LogP contribution in [-0.2, 0) is 0 Å². The van der Waals surface area contributed by atoms with Crippen LogP contribution in [0.2, 0.25) is 0 Å². The first-order valence-electron chi connectivity index (χ1n) is 9.18. The van der Waals surface area contributed by atoms with Crippen LogP contribution in [0.1, 0.15) is 40.3 Å². The molecule has 2 unspecified atom stereocenters. The molecule has 0 saturated carbocycles. The third-order valence-electron chi connectivity index (χ3n) is 5.48. The first-order chi connectivity index (χ1) is 13.0. The van der Waals surface area contributed by atoms with Gasteiger partial charge in [0.15, 0.2) is 5.11 Å². The lowest BCUT2D eigenvalue weighted by atomic mass is 9.97. The number of benzene rings is 1. The van der Waals surface area contributed by atoms with E-state index in [0.717, 1.165) is 10.8 Å². The summed E-state index contributed by atoms with van der Waals surface area (Å²) in [5.41, 5.74) is 7.25. The van der Waals surface area contributed by atoms with Crippen LogP contribution in [0, 0.1) is 20.8 Å². The van der Waals surface area contributed by atoms with Gasteiger partial charge in [-0.05, 0) is 68.4 Å². The molecule has 1 saturated heterocycles. The van der Waals surface area contributed by atoms with E-state index >= 15 is 0 Å². The highest BCUT2D eigenvalue weighted by atomic mass is 32.1. The van der Waals surface area contributed by atoms with Crippen molar-refractivity contribution >= 4 is 17.3 Å². The van der Waals surface area contributed by atoms with Gasteiger partial charge in [-0.25, -0.2) is 0 Å². The molecule has 1 aromatic carbocycles. The van der Waals surface area contributed by atoms with Crippen molar-refractivity contribution in [3.63, 3.8) is 0 Å². The van der Waals surface area contributed by atoms with Crippen LogP contribution >= 0.6 is 12.2 Å². The van der Waals surface area contributed by atoms with E-state index in [4.69, 9.17) is 12.2 Å². The minimum atomic E-state index is 0.0366. The van der Waals surface area contributed by atoms with Crippen LogP contribution in [-0.4, -0.2) is 26.6 Å². The zero-order chi connectivity index (χ0) is 19.1. The molecule has 1 fully saturated rings. The fraction of sp³-hybridized carbons (Fsp3) is 0.273. The second kappa shape index (κ2) is 6.82. The van der Waals surface area contributed by atoms with E-state index in [1.165, 1.54) is 28.2 Å². The van der Waals surface area contributed by atoms with Gasteiger partial charge in [-0.15, -0.1) is 0 Å². The Morgan fingerprint density at radius 1 is 1.04 bits per heavy atom. The number of aryl methyl sites for hydroxylation is 2. The maximum atomic E-state index is 5.57. The summed E-state index contributed by atoms with van der Waals surface area (Å²) in [5.74, 6) is 0. The van der Waals surface area contributed by atoms with E-state index in [9.17, 15) is 0 Å². The molecule has 0 radical (unpaired) electrons. The molecule has 4 rings (SSSR count). The van der Waals surface area contributed by atoms with E-state index in [1.54, 1.807) is 0 Å². The van der Waals surface area contributed by atoms with Gasteiger partial charge in [-0.1, -0.05) is 24.3 Å². The third kappa shape index (κ3) is 2.92. The number of thiocarbonyl (C=S) groups is 1.